The molecule has 0 spiro atoms. The van der Waals surface area contributed by atoms with E-state index in [1.807, 2.05) is 6.07 Å². The molecular formula is C15H15F2NO2S. The van der Waals surface area contributed by atoms with Crippen molar-refractivity contribution in [3.05, 3.63) is 53.5 Å². The second-order valence-electron chi connectivity index (χ2n) is 5.09. The Morgan fingerprint density at radius 1 is 1.14 bits per heavy atom. The molecule has 1 atom stereocenters. The van der Waals surface area contributed by atoms with Gasteiger partial charge in [-0.05, 0) is 43.2 Å². The Labute approximate surface area is 123 Å². The average molecular weight is 311 g/mol. The molecule has 1 unspecified atom stereocenters. The number of hydrogen-bond acceptors (Lipinski definition) is 3. The highest BCUT2D eigenvalue weighted by Crippen LogP contribution is 2.20. The van der Waals surface area contributed by atoms with Crippen LogP contribution in [-0.4, -0.2) is 10.3 Å². The quantitative estimate of drug-likeness (QED) is 0.891. The molecule has 112 valence electrons. The highest BCUT2D eigenvalue weighted by atomic mass is 32.2. The molecule has 1 aliphatic rings. The SMILES string of the molecule is O=S(Cc1ccc(CNC2CC2)o1)c1ccc(F)c(F)c1. The van der Waals surface area contributed by atoms with Gasteiger partial charge >= 0.3 is 0 Å². The first-order valence-electron chi connectivity index (χ1n) is 6.76. The molecule has 0 saturated heterocycles. The predicted octanol–water partition coefficient (Wildman–Crippen LogP) is 3.12. The number of furan rings is 1. The third-order valence-electron chi connectivity index (χ3n) is 3.29. The summed E-state index contributed by atoms with van der Waals surface area (Å²) >= 11 is 0. The number of nitrogens with one attached hydrogen (secondary N) is 1. The standard InChI is InChI=1S/C15H15F2NO2S/c16-14-6-5-13(7-15(14)17)21(19)9-12-4-3-11(20-12)8-18-10-1-2-10/h3-7,10,18H,1-2,8-9H2. The van der Waals surface area contributed by atoms with Gasteiger partial charge in [0, 0.05) is 10.9 Å². The van der Waals surface area contributed by atoms with Gasteiger partial charge in [0.2, 0.25) is 0 Å². The van der Waals surface area contributed by atoms with Crippen molar-refractivity contribution in [1.82, 2.24) is 5.32 Å². The van der Waals surface area contributed by atoms with Gasteiger partial charge in [-0.25, -0.2) is 8.78 Å². The lowest BCUT2D eigenvalue weighted by Gasteiger charge is -2.02. The fourth-order valence-corrected chi connectivity index (χ4v) is 2.99. The molecule has 0 aliphatic heterocycles. The number of rotatable bonds is 6. The third-order valence-corrected chi connectivity index (χ3v) is 4.61. The van der Waals surface area contributed by atoms with Crippen LogP contribution >= 0.6 is 0 Å². The van der Waals surface area contributed by atoms with Crippen LogP contribution < -0.4 is 5.32 Å². The van der Waals surface area contributed by atoms with E-state index in [0.717, 1.165) is 17.9 Å². The van der Waals surface area contributed by atoms with Crippen LogP contribution in [0.2, 0.25) is 0 Å². The minimum atomic E-state index is -1.46. The van der Waals surface area contributed by atoms with Crippen molar-refractivity contribution in [2.45, 2.75) is 36.1 Å². The van der Waals surface area contributed by atoms with Crippen LogP contribution in [0.25, 0.3) is 0 Å². The molecule has 1 fully saturated rings. The molecule has 6 heteroatoms. The summed E-state index contributed by atoms with van der Waals surface area (Å²) in [5, 5.41) is 3.32. The first kappa shape index (κ1) is 14.4. The molecule has 1 aromatic carbocycles. The van der Waals surface area contributed by atoms with Gasteiger partial charge in [0.15, 0.2) is 11.6 Å². The molecule has 21 heavy (non-hydrogen) atoms. The van der Waals surface area contributed by atoms with E-state index in [4.69, 9.17) is 4.42 Å². The van der Waals surface area contributed by atoms with E-state index < -0.39 is 22.4 Å². The van der Waals surface area contributed by atoms with Gasteiger partial charge in [0.05, 0.1) is 23.1 Å². The van der Waals surface area contributed by atoms with Gasteiger partial charge in [0.1, 0.15) is 11.5 Å². The molecule has 0 amide bonds. The molecule has 3 nitrogen and oxygen atoms in total. The molecule has 2 aromatic rings. The van der Waals surface area contributed by atoms with Crippen molar-refractivity contribution in [2.24, 2.45) is 0 Å². The maximum Gasteiger partial charge on any atom is 0.160 e. The molecule has 0 radical (unpaired) electrons. The smallest absolute Gasteiger partial charge is 0.160 e. The summed E-state index contributed by atoms with van der Waals surface area (Å²) in [6.45, 7) is 0.655. The minimum Gasteiger partial charge on any atom is -0.464 e. The number of hydrogen-bond donors (Lipinski definition) is 1. The van der Waals surface area contributed by atoms with Gasteiger partial charge < -0.3 is 9.73 Å². The molecule has 3 rings (SSSR count). The van der Waals surface area contributed by atoms with Crippen LogP contribution in [0, 0.1) is 11.6 Å². The van der Waals surface area contributed by atoms with E-state index >= 15 is 0 Å². The lowest BCUT2D eigenvalue weighted by Crippen LogP contribution is -2.14. The molecule has 1 aliphatic carbocycles. The van der Waals surface area contributed by atoms with Crippen molar-refractivity contribution in [3.63, 3.8) is 0 Å². The Balaban J connectivity index is 1.62. The van der Waals surface area contributed by atoms with Crippen LogP contribution in [-0.2, 0) is 23.1 Å². The number of halogens is 2. The third kappa shape index (κ3) is 3.77. The van der Waals surface area contributed by atoms with Gasteiger partial charge in [-0.2, -0.15) is 0 Å². The van der Waals surface area contributed by atoms with Gasteiger partial charge in [-0.3, -0.25) is 4.21 Å². The lowest BCUT2D eigenvalue weighted by atomic mass is 10.3. The average Bonchev–Trinajstić information content (AvgIpc) is 3.19. The van der Waals surface area contributed by atoms with Gasteiger partial charge in [0.25, 0.3) is 0 Å². The maximum absolute atomic E-state index is 13.1. The van der Waals surface area contributed by atoms with Crippen LogP contribution in [0.15, 0.2) is 39.6 Å². The van der Waals surface area contributed by atoms with Crippen LogP contribution in [0.4, 0.5) is 8.78 Å². The van der Waals surface area contributed by atoms with Crippen molar-refractivity contribution in [3.8, 4) is 0 Å². The Morgan fingerprint density at radius 2 is 1.90 bits per heavy atom. The summed E-state index contributed by atoms with van der Waals surface area (Å²) < 4.78 is 43.7. The van der Waals surface area contributed by atoms with Crippen LogP contribution in [0.3, 0.4) is 0 Å². The molecule has 1 heterocycles. The summed E-state index contributed by atoms with van der Waals surface area (Å²) in [4.78, 5) is 0.253. The second-order valence-corrected chi connectivity index (χ2v) is 6.54. The fraction of sp³-hybridized carbons (Fsp3) is 0.333. The molecule has 1 saturated carbocycles. The molecular weight excluding hydrogens is 296 g/mol. The largest absolute Gasteiger partial charge is 0.464 e. The van der Waals surface area contributed by atoms with Crippen molar-refractivity contribution in [1.29, 1.82) is 0 Å². The van der Waals surface area contributed by atoms with E-state index in [9.17, 15) is 13.0 Å². The molecule has 1 N–H and O–H groups in total. The maximum atomic E-state index is 13.1. The minimum absolute atomic E-state index is 0.147. The molecule has 1 aromatic heterocycles. The highest BCUT2D eigenvalue weighted by molar-refractivity contribution is 7.84. The highest BCUT2D eigenvalue weighted by Gasteiger charge is 2.20. The topological polar surface area (TPSA) is 42.2 Å². The van der Waals surface area contributed by atoms with E-state index in [1.54, 1.807) is 6.07 Å². The first-order chi connectivity index (χ1) is 10.1. The zero-order valence-corrected chi connectivity index (χ0v) is 12.1. The Bertz CT molecular complexity index is 667. The van der Waals surface area contributed by atoms with Gasteiger partial charge in [-0.1, -0.05) is 0 Å². The van der Waals surface area contributed by atoms with E-state index in [2.05, 4.69) is 5.32 Å². The zero-order valence-electron chi connectivity index (χ0n) is 11.3. The van der Waals surface area contributed by atoms with Crippen LogP contribution in [0.1, 0.15) is 24.4 Å². The normalized spacial score (nSPS) is 16.1. The lowest BCUT2D eigenvalue weighted by molar-refractivity contribution is 0.457. The van der Waals surface area contributed by atoms with E-state index in [1.165, 1.54) is 18.9 Å². The summed E-state index contributed by atoms with van der Waals surface area (Å²) in [7, 11) is -1.46. The fourth-order valence-electron chi connectivity index (χ4n) is 1.96. The van der Waals surface area contributed by atoms with Crippen molar-refractivity contribution in [2.75, 3.05) is 0 Å². The van der Waals surface area contributed by atoms with Crippen LogP contribution in [0.5, 0.6) is 0 Å². The summed E-state index contributed by atoms with van der Waals surface area (Å²) in [5.41, 5.74) is 0. The van der Waals surface area contributed by atoms with E-state index in [-0.39, 0.29) is 10.6 Å². The second kappa shape index (κ2) is 6.07. The zero-order chi connectivity index (χ0) is 14.8. The Morgan fingerprint density at radius 3 is 2.62 bits per heavy atom. The first-order valence-corrected chi connectivity index (χ1v) is 8.08. The summed E-state index contributed by atoms with van der Waals surface area (Å²) in [6, 6.07) is 7.47. The van der Waals surface area contributed by atoms with Gasteiger partial charge in [-0.15, -0.1) is 0 Å². The van der Waals surface area contributed by atoms with E-state index in [0.29, 0.717) is 18.3 Å². The summed E-state index contributed by atoms with van der Waals surface area (Å²) in [6.07, 6.45) is 2.40. The molecule has 0 bridgehead atoms. The Kier molecular flexibility index (Phi) is 4.17. The predicted molar refractivity (Wildman–Crippen MR) is 75.0 cm³/mol. The number of benzene rings is 1. The van der Waals surface area contributed by atoms with Crippen molar-refractivity contribution < 1.29 is 17.4 Å². The van der Waals surface area contributed by atoms with Crippen molar-refractivity contribution >= 4 is 10.8 Å². The summed E-state index contributed by atoms with van der Waals surface area (Å²) in [5.74, 6) is -0.421. The Hall–Kier alpha value is -1.53. The monoisotopic (exact) mass is 311 g/mol.